The fourth-order valence-electron chi connectivity index (χ4n) is 3.65. The molecule has 2 aliphatic rings. The number of β-lactam (4-membered cyclic amide) rings is 1. The van der Waals surface area contributed by atoms with Gasteiger partial charge in [0.2, 0.25) is 5.60 Å². The number of anilines is 1. The predicted octanol–water partition coefficient (Wildman–Crippen LogP) is 1.63. The number of aliphatic carboxylic acids is 2. The van der Waals surface area contributed by atoms with Crippen molar-refractivity contribution in [2.24, 2.45) is 5.16 Å². The van der Waals surface area contributed by atoms with Gasteiger partial charge < -0.3 is 26.1 Å². The first kappa shape index (κ1) is 28.3. The van der Waals surface area contributed by atoms with Crippen LogP contribution in [0.4, 0.5) is 5.13 Å². The highest BCUT2D eigenvalue weighted by Gasteiger charge is 2.54. The number of oxime groups is 1. The molecule has 0 aliphatic carbocycles. The Labute approximate surface area is 235 Å². The Morgan fingerprint density at radius 1 is 1.27 bits per heavy atom. The Balaban J connectivity index is 1.54. The van der Waals surface area contributed by atoms with E-state index in [1.54, 1.807) is 36.4 Å². The Kier molecular flexibility index (Phi) is 7.93. The number of carboxylic acids is 2. The molecular weight excluding hydrogens is 560 g/mol. The molecule has 0 spiro atoms. The molecule has 15 heteroatoms. The summed E-state index contributed by atoms with van der Waals surface area (Å²) in [5.41, 5.74) is 4.96. The monoisotopic (exact) mass is 582 g/mol. The van der Waals surface area contributed by atoms with Gasteiger partial charge in [-0.1, -0.05) is 29.4 Å². The van der Waals surface area contributed by atoms with Crippen LogP contribution in [0, 0.1) is 11.3 Å². The number of benzene rings is 1. The summed E-state index contributed by atoms with van der Waals surface area (Å²) in [6.45, 7) is 2.48. The number of fused-ring (bicyclic) bond motifs is 1. The van der Waals surface area contributed by atoms with Crippen LogP contribution in [-0.2, 0) is 24.0 Å². The number of nitriles is 1. The van der Waals surface area contributed by atoms with Crippen LogP contribution >= 0.6 is 23.1 Å². The topological polar surface area (TPSA) is 208 Å². The second kappa shape index (κ2) is 11.2. The molecule has 1 aromatic heterocycles. The van der Waals surface area contributed by atoms with Gasteiger partial charge >= 0.3 is 11.9 Å². The van der Waals surface area contributed by atoms with Crippen molar-refractivity contribution in [1.82, 2.24) is 15.2 Å². The summed E-state index contributed by atoms with van der Waals surface area (Å²) in [6, 6.07) is 7.64. The first-order valence-electron chi connectivity index (χ1n) is 11.5. The Hall–Kier alpha value is -4.68. The minimum absolute atomic E-state index is 0.0162. The van der Waals surface area contributed by atoms with E-state index in [1.165, 1.54) is 31.0 Å². The summed E-state index contributed by atoms with van der Waals surface area (Å²) < 4.78 is 0. The van der Waals surface area contributed by atoms with Crippen LogP contribution in [0.3, 0.4) is 0 Å². The summed E-state index contributed by atoms with van der Waals surface area (Å²) in [4.78, 5) is 60.0. The number of allylic oxidation sites excluding steroid dienone is 1. The van der Waals surface area contributed by atoms with E-state index < -0.39 is 46.5 Å². The average Bonchev–Trinajstić information content (AvgIpc) is 3.35. The van der Waals surface area contributed by atoms with Gasteiger partial charge in [0.15, 0.2) is 10.8 Å². The van der Waals surface area contributed by atoms with Crippen LogP contribution in [0.15, 0.2) is 52.1 Å². The molecule has 5 N–H and O–H groups in total. The lowest BCUT2D eigenvalue weighted by atomic mass is 10.0. The third-order valence-corrected chi connectivity index (χ3v) is 7.84. The second-order valence-corrected chi connectivity index (χ2v) is 11.0. The van der Waals surface area contributed by atoms with Gasteiger partial charge in [0, 0.05) is 11.1 Å². The molecule has 1 fully saturated rings. The number of nitrogens with one attached hydrogen (secondary N) is 1. The van der Waals surface area contributed by atoms with Gasteiger partial charge in [0.25, 0.3) is 11.8 Å². The molecule has 40 heavy (non-hydrogen) atoms. The highest BCUT2D eigenvalue weighted by molar-refractivity contribution is 8.00. The first-order valence-corrected chi connectivity index (χ1v) is 13.5. The highest BCUT2D eigenvalue weighted by Crippen LogP contribution is 2.41. The van der Waals surface area contributed by atoms with Crippen molar-refractivity contribution in [1.29, 1.82) is 5.26 Å². The molecule has 13 nitrogen and oxygen atoms in total. The molecule has 2 atom stereocenters. The van der Waals surface area contributed by atoms with Crippen LogP contribution in [0.25, 0.3) is 6.08 Å². The number of nitrogens with two attached hydrogens (primary N) is 1. The molecule has 0 radical (unpaired) electrons. The molecular formula is C25H22N6O7S2. The molecule has 2 aromatic rings. The van der Waals surface area contributed by atoms with Gasteiger partial charge in [-0.2, -0.15) is 5.26 Å². The molecule has 4 rings (SSSR count). The quantitative estimate of drug-likeness (QED) is 0.190. The Morgan fingerprint density at radius 2 is 1.98 bits per heavy atom. The largest absolute Gasteiger partial charge is 0.478 e. The molecule has 3 heterocycles. The zero-order valence-electron chi connectivity index (χ0n) is 21.0. The lowest BCUT2D eigenvalue weighted by molar-refractivity contribution is -0.161. The number of amides is 2. The van der Waals surface area contributed by atoms with Crippen LogP contribution in [-0.4, -0.2) is 72.3 Å². The van der Waals surface area contributed by atoms with Crippen LogP contribution in [0.5, 0.6) is 0 Å². The van der Waals surface area contributed by atoms with Crippen LogP contribution in [0.1, 0.15) is 30.7 Å². The number of nitrogen functional groups attached to an aromatic ring is 1. The van der Waals surface area contributed by atoms with Crippen molar-refractivity contribution >= 4 is 63.8 Å². The molecule has 2 amide bonds. The van der Waals surface area contributed by atoms with Crippen molar-refractivity contribution in [2.75, 3.05) is 11.5 Å². The Bertz CT molecular complexity index is 1520. The molecule has 206 valence electrons. The van der Waals surface area contributed by atoms with Crippen molar-refractivity contribution in [2.45, 2.75) is 30.9 Å². The number of nitrogens with zero attached hydrogens (tertiary/aromatic N) is 4. The van der Waals surface area contributed by atoms with E-state index in [2.05, 4.69) is 15.5 Å². The number of carboxylic acid groups (broad SMARTS) is 2. The zero-order valence-corrected chi connectivity index (χ0v) is 22.7. The number of rotatable bonds is 9. The maximum Gasteiger partial charge on any atom is 0.352 e. The third-order valence-electron chi connectivity index (χ3n) is 5.86. The van der Waals surface area contributed by atoms with E-state index in [0.717, 1.165) is 21.8 Å². The first-order chi connectivity index (χ1) is 18.9. The van der Waals surface area contributed by atoms with Crippen LogP contribution < -0.4 is 11.1 Å². The van der Waals surface area contributed by atoms with Crippen LogP contribution in [0.2, 0.25) is 0 Å². The van der Waals surface area contributed by atoms with E-state index in [9.17, 15) is 29.4 Å². The standard InChI is InChI=1S/C25H22N6O7S2/c1-25(2,23(36)37)38-30-16(15-11-40-24(27)28-15)19(32)29-17-20(33)31-18(22(34)35)14(10-39-21(17)31)8-7-12-3-5-13(9-26)6-4-12/h3-8,11,17,21H,10H2,1-2H3,(H2,27,28)(H,29,32)(H,34,35)(H,36,37)/t17?,21-/m1/s1. The third kappa shape index (κ3) is 5.67. The van der Waals surface area contributed by atoms with Crippen molar-refractivity contribution in [3.05, 3.63) is 63.8 Å². The van der Waals surface area contributed by atoms with E-state index in [4.69, 9.17) is 15.8 Å². The maximum absolute atomic E-state index is 13.2. The van der Waals surface area contributed by atoms with E-state index in [1.807, 2.05) is 6.07 Å². The van der Waals surface area contributed by atoms with Gasteiger partial charge in [-0.3, -0.25) is 14.5 Å². The van der Waals surface area contributed by atoms with Crippen molar-refractivity contribution in [3.8, 4) is 6.07 Å². The number of thioether (sulfide) groups is 1. The van der Waals surface area contributed by atoms with E-state index >= 15 is 0 Å². The lowest BCUT2D eigenvalue weighted by Gasteiger charge is -2.49. The van der Waals surface area contributed by atoms with E-state index in [-0.39, 0.29) is 22.3 Å². The maximum atomic E-state index is 13.2. The Morgan fingerprint density at radius 3 is 2.55 bits per heavy atom. The lowest BCUT2D eigenvalue weighted by Crippen LogP contribution is -2.71. The molecule has 2 aliphatic heterocycles. The fourth-order valence-corrected chi connectivity index (χ4v) is 5.51. The second-order valence-electron chi connectivity index (χ2n) is 9.02. The summed E-state index contributed by atoms with van der Waals surface area (Å²) in [6.07, 6.45) is 3.29. The predicted molar refractivity (Wildman–Crippen MR) is 146 cm³/mol. The van der Waals surface area contributed by atoms with Gasteiger partial charge in [0.05, 0.1) is 11.6 Å². The number of aromatic nitrogens is 1. The van der Waals surface area contributed by atoms with Gasteiger partial charge in [-0.25, -0.2) is 14.6 Å². The number of hydrogen-bond acceptors (Lipinski definition) is 11. The number of carbonyl (C=O) groups excluding carboxylic acids is 2. The number of carbonyl (C=O) groups is 4. The molecule has 0 saturated carbocycles. The van der Waals surface area contributed by atoms with Gasteiger partial charge in [-0.05, 0) is 37.1 Å². The summed E-state index contributed by atoms with van der Waals surface area (Å²) in [5.74, 6) is -3.90. The normalized spacial score (nSPS) is 19.1. The molecule has 0 bridgehead atoms. The summed E-state index contributed by atoms with van der Waals surface area (Å²) in [7, 11) is 0. The number of hydrogen-bond donors (Lipinski definition) is 4. The summed E-state index contributed by atoms with van der Waals surface area (Å²) in [5, 5.41) is 35.2. The van der Waals surface area contributed by atoms with Gasteiger partial charge in [0.1, 0.15) is 22.8 Å². The SMILES string of the molecule is CC(C)(ON=C(C(=O)NC1C(=O)N2C(C(=O)O)=C(C=Cc3ccc(C#N)cc3)CS[C@H]12)c1csc(N)n1)C(=O)O. The zero-order chi connectivity index (χ0) is 29.2. The number of thiazole rings is 1. The smallest absolute Gasteiger partial charge is 0.352 e. The van der Waals surface area contributed by atoms with Crippen molar-refractivity contribution < 1.29 is 34.2 Å². The fraction of sp³-hybridized carbons (Fsp3) is 0.240. The summed E-state index contributed by atoms with van der Waals surface area (Å²) >= 11 is 2.28. The highest BCUT2D eigenvalue weighted by atomic mass is 32.2. The minimum atomic E-state index is -1.77. The molecule has 1 unspecified atom stereocenters. The van der Waals surface area contributed by atoms with Gasteiger partial charge in [-0.15, -0.1) is 23.1 Å². The van der Waals surface area contributed by atoms with Crippen molar-refractivity contribution in [3.63, 3.8) is 0 Å². The van der Waals surface area contributed by atoms with E-state index in [0.29, 0.717) is 11.1 Å². The average molecular weight is 583 g/mol. The molecule has 1 aromatic carbocycles. The minimum Gasteiger partial charge on any atom is -0.478 e. The molecule has 1 saturated heterocycles.